The van der Waals surface area contributed by atoms with Crippen LogP contribution >= 0.6 is 0 Å². The molecule has 0 aromatic heterocycles. The lowest BCUT2D eigenvalue weighted by Crippen LogP contribution is -2.12. The van der Waals surface area contributed by atoms with Crippen molar-refractivity contribution >= 4 is 10.1 Å². The minimum absolute atomic E-state index is 0.0742. The Bertz CT molecular complexity index is 754. The van der Waals surface area contributed by atoms with Gasteiger partial charge in [0.1, 0.15) is 0 Å². The van der Waals surface area contributed by atoms with Gasteiger partial charge >= 0.3 is 0 Å². The van der Waals surface area contributed by atoms with Gasteiger partial charge in [-0.3, -0.25) is 4.18 Å². The van der Waals surface area contributed by atoms with Gasteiger partial charge < -0.3 is 0 Å². The second-order valence-electron chi connectivity index (χ2n) is 6.79. The summed E-state index contributed by atoms with van der Waals surface area (Å²) in [7, 11) is -3.69. The molecule has 2 aromatic carbocycles. The highest BCUT2D eigenvalue weighted by atomic mass is 32.2. The van der Waals surface area contributed by atoms with E-state index in [4.69, 9.17) is 4.18 Å². The van der Waals surface area contributed by atoms with E-state index in [-0.39, 0.29) is 16.9 Å². The SMILES string of the molecule is Cc1ccc(S(=O)(=O)OCCc2cccc(C(C)(C)C)c2)cc1. The minimum atomic E-state index is -3.69. The first-order chi connectivity index (χ1) is 10.7. The first kappa shape index (κ1) is 17.7. The summed E-state index contributed by atoms with van der Waals surface area (Å²) in [6.45, 7) is 8.53. The fraction of sp³-hybridized carbons (Fsp3) is 0.368. The molecule has 0 aliphatic heterocycles. The van der Waals surface area contributed by atoms with Crippen molar-refractivity contribution in [3.63, 3.8) is 0 Å². The van der Waals surface area contributed by atoms with Crippen LogP contribution in [0.25, 0.3) is 0 Å². The summed E-state index contributed by atoms with van der Waals surface area (Å²) < 4.78 is 29.4. The average molecular weight is 332 g/mol. The van der Waals surface area contributed by atoms with Crippen LogP contribution < -0.4 is 0 Å². The normalized spacial score (nSPS) is 12.3. The van der Waals surface area contributed by atoms with Gasteiger partial charge in [-0.2, -0.15) is 8.42 Å². The predicted octanol–water partition coefficient (Wildman–Crippen LogP) is 4.24. The van der Waals surface area contributed by atoms with E-state index in [1.807, 2.05) is 19.1 Å². The van der Waals surface area contributed by atoms with E-state index in [2.05, 4.69) is 32.9 Å². The van der Waals surface area contributed by atoms with Crippen LogP contribution in [0.1, 0.15) is 37.5 Å². The molecule has 0 unspecified atom stereocenters. The molecule has 2 rings (SSSR count). The monoisotopic (exact) mass is 332 g/mol. The maximum Gasteiger partial charge on any atom is 0.296 e. The first-order valence-corrected chi connectivity index (χ1v) is 9.15. The van der Waals surface area contributed by atoms with Crippen molar-refractivity contribution < 1.29 is 12.6 Å². The van der Waals surface area contributed by atoms with Gasteiger partial charge in [0.2, 0.25) is 0 Å². The Balaban J connectivity index is 2.01. The lowest BCUT2D eigenvalue weighted by atomic mass is 9.86. The van der Waals surface area contributed by atoms with Gasteiger partial charge in [-0.25, -0.2) is 0 Å². The van der Waals surface area contributed by atoms with Crippen LogP contribution in [0, 0.1) is 6.92 Å². The molecule has 0 heterocycles. The van der Waals surface area contributed by atoms with Crippen LogP contribution in [-0.4, -0.2) is 15.0 Å². The molecule has 0 aliphatic carbocycles. The Morgan fingerprint density at radius 1 is 1.00 bits per heavy atom. The molecule has 0 saturated carbocycles. The van der Waals surface area contributed by atoms with Crippen LogP contribution in [0.4, 0.5) is 0 Å². The predicted molar refractivity (Wildman–Crippen MR) is 93.2 cm³/mol. The molecular formula is C19H24O3S. The number of aryl methyl sites for hydroxylation is 1. The van der Waals surface area contributed by atoms with Gasteiger partial charge in [-0.1, -0.05) is 62.7 Å². The van der Waals surface area contributed by atoms with Gasteiger partial charge in [-0.05, 0) is 42.0 Å². The molecule has 4 heteroatoms. The summed E-state index contributed by atoms with van der Waals surface area (Å²) in [4.78, 5) is 0.201. The number of hydrogen-bond acceptors (Lipinski definition) is 3. The van der Waals surface area contributed by atoms with Crippen LogP contribution in [-0.2, 0) is 26.1 Å². The summed E-state index contributed by atoms with van der Waals surface area (Å²) in [6, 6.07) is 14.9. The standard InChI is InChI=1S/C19H24O3S/c1-15-8-10-18(11-9-15)23(20,21)22-13-12-16-6-5-7-17(14-16)19(2,3)4/h5-11,14H,12-13H2,1-4H3. The summed E-state index contributed by atoms with van der Waals surface area (Å²) in [5, 5.41) is 0. The molecular weight excluding hydrogens is 308 g/mol. The minimum Gasteiger partial charge on any atom is -0.266 e. The van der Waals surface area contributed by atoms with Crippen LogP contribution in [0.15, 0.2) is 53.4 Å². The molecule has 0 N–H and O–H groups in total. The van der Waals surface area contributed by atoms with E-state index >= 15 is 0 Å². The number of rotatable bonds is 5. The van der Waals surface area contributed by atoms with E-state index in [9.17, 15) is 8.42 Å². The molecule has 0 radical (unpaired) electrons. The van der Waals surface area contributed by atoms with Gasteiger partial charge in [0.25, 0.3) is 10.1 Å². The molecule has 2 aromatic rings. The zero-order chi connectivity index (χ0) is 17.1. The highest BCUT2D eigenvalue weighted by Crippen LogP contribution is 2.23. The summed E-state index contributed by atoms with van der Waals surface area (Å²) in [5.41, 5.74) is 3.40. The van der Waals surface area contributed by atoms with E-state index in [0.717, 1.165) is 11.1 Å². The molecule has 124 valence electrons. The Hall–Kier alpha value is -1.65. The summed E-state index contributed by atoms with van der Waals surface area (Å²) >= 11 is 0. The smallest absolute Gasteiger partial charge is 0.266 e. The lowest BCUT2D eigenvalue weighted by molar-refractivity contribution is 0.322. The molecule has 0 amide bonds. The van der Waals surface area contributed by atoms with E-state index < -0.39 is 10.1 Å². The van der Waals surface area contributed by atoms with E-state index in [1.165, 1.54) is 5.56 Å². The quantitative estimate of drug-likeness (QED) is 0.769. The zero-order valence-corrected chi connectivity index (χ0v) is 15.0. The molecule has 0 fully saturated rings. The fourth-order valence-corrected chi connectivity index (χ4v) is 3.14. The highest BCUT2D eigenvalue weighted by molar-refractivity contribution is 7.86. The number of benzene rings is 2. The second kappa shape index (κ2) is 6.85. The van der Waals surface area contributed by atoms with Crippen molar-refractivity contribution in [3.8, 4) is 0 Å². The van der Waals surface area contributed by atoms with Crippen molar-refractivity contribution in [2.24, 2.45) is 0 Å². The van der Waals surface area contributed by atoms with Gasteiger partial charge in [0.15, 0.2) is 0 Å². The summed E-state index contributed by atoms with van der Waals surface area (Å²) in [6.07, 6.45) is 0.564. The van der Waals surface area contributed by atoms with Crippen molar-refractivity contribution in [1.29, 1.82) is 0 Å². The van der Waals surface area contributed by atoms with E-state index in [0.29, 0.717) is 6.42 Å². The molecule has 3 nitrogen and oxygen atoms in total. The largest absolute Gasteiger partial charge is 0.296 e. The highest BCUT2D eigenvalue weighted by Gasteiger charge is 2.16. The third kappa shape index (κ3) is 4.91. The maximum absolute atomic E-state index is 12.1. The van der Waals surface area contributed by atoms with Gasteiger partial charge in [-0.15, -0.1) is 0 Å². The van der Waals surface area contributed by atoms with Crippen molar-refractivity contribution in [2.45, 2.75) is 44.4 Å². The Kier molecular flexibility index (Phi) is 5.27. The van der Waals surface area contributed by atoms with Crippen LogP contribution in [0.3, 0.4) is 0 Å². The molecule has 0 saturated heterocycles. The zero-order valence-electron chi connectivity index (χ0n) is 14.2. The first-order valence-electron chi connectivity index (χ1n) is 7.74. The molecule has 0 aliphatic rings. The van der Waals surface area contributed by atoms with Gasteiger partial charge in [0.05, 0.1) is 11.5 Å². The van der Waals surface area contributed by atoms with Crippen LogP contribution in [0.5, 0.6) is 0 Å². The van der Waals surface area contributed by atoms with Crippen molar-refractivity contribution in [1.82, 2.24) is 0 Å². The third-order valence-electron chi connectivity index (χ3n) is 3.73. The van der Waals surface area contributed by atoms with E-state index in [1.54, 1.807) is 24.3 Å². The fourth-order valence-electron chi connectivity index (χ4n) is 2.24. The third-order valence-corrected chi connectivity index (χ3v) is 5.06. The van der Waals surface area contributed by atoms with Crippen molar-refractivity contribution in [2.75, 3.05) is 6.61 Å². The molecule has 0 bridgehead atoms. The second-order valence-corrected chi connectivity index (χ2v) is 8.40. The molecule has 0 atom stereocenters. The average Bonchev–Trinajstić information content (AvgIpc) is 2.47. The Morgan fingerprint density at radius 2 is 1.65 bits per heavy atom. The Labute approximate surface area is 139 Å². The van der Waals surface area contributed by atoms with Crippen molar-refractivity contribution in [3.05, 3.63) is 65.2 Å². The number of hydrogen-bond donors (Lipinski definition) is 0. The Morgan fingerprint density at radius 3 is 2.26 bits per heavy atom. The molecule has 0 spiro atoms. The summed E-state index contributed by atoms with van der Waals surface area (Å²) in [5.74, 6) is 0. The lowest BCUT2D eigenvalue weighted by Gasteiger charge is -2.19. The van der Waals surface area contributed by atoms with Crippen LogP contribution in [0.2, 0.25) is 0 Å². The van der Waals surface area contributed by atoms with Gasteiger partial charge in [0, 0.05) is 0 Å². The molecule has 23 heavy (non-hydrogen) atoms. The topological polar surface area (TPSA) is 43.4 Å². The maximum atomic E-state index is 12.1.